The molecule has 0 spiro atoms. The highest BCUT2D eigenvalue weighted by atomic mass is 32.2. The first kappa shape index (κ1) is 22.1. The Morgan fingerprint density at radius 1 is 1.07 bits per heavy atom. The summed E-state index contributed by atoms with van der Waals surface area (Å²) in [5.74, 6) is -1.67. The summed E-state index contributed by atoms with van der Waals surface area (Å²) in [6.45, 7) is 3.16. The molecule has 0 aliphatic heterocycles. The topological polar surface area (TPSA) is 119 Å². The number of hydrogen-bond acceptors (Lipinski definition) is 6. The average Bonchev–Trinajstić information content (AvgIpc) is 2.66. The lowest BCUT2D eigenvalue weighted by atomic mass is 10.1. The van der Waals surface area contributed by atoms with Crippen LogP contribution in [0.5, 0.6) is 0 Å². The van der Waals surface area contributed by atoms with E-state index in [9.17, 15) is 22.8 Å². The van der Waals surface area contributed by atoms with Crippen LogP contribution in [-0.2, 0) is 25.9 Å². The molecule has 0 saturated carbocycles. The number of benzene rings is 2. The van der Waals surface area contributed by atoms with E-state index in [2.05, 4.69) is 10.6 Å². The normalized spacial score (nSPS) is 12.0. The van der Waals surface area contributed by atoms with Gasteiger partial charge in [0.2, 0.25) is 0 Å². The lowest BCUT2D eigenvalue weighted by Gasteiger charge is -2.14. The van der Waals surface area contributed by atoms with Crippen LogP contribution >= 0.6 is 0 Å². The molecular weight excluding hydrogens is 396 g/mol. The Morgan fingerprint density at radius 2 is 1.72 bits per heavy atom. The van der Waals surface area contributed by atoms with Crippen molar-refractivity contribution in [1.29, 1.82) is 0 Å². The van der Waals surface area contributed by atoms with Crippen molar-refractivity contribution >= 4 is 27.7 Å². The van der Waals surface area contributed by atoms with Crippen molar-refractivity contribution in [3.05, 3.63) is 65.2 Å². The quantitative estimate of drug-likeness (QED) is 0.693. The fourth-order valence-corrected chi connectivity index (χ4v) is 3.01. The van der Waals surface area contributed by atoms with Gasteiger partial charge in [0.05, 0.1) is 10.5 Å². The number of sulfone groups is 1. The number of esters is 1. The lowest BCUT2D eigenvalue weighted by Crippen LogP contribution is -2.44. The molecule has 0 unspecified atom stereocenters. The minimum absolute atomic E-state index is 0.0288. The molecule has 8 nitrogen and oxygen atoms in total. The van der Waals surface area contributed by atoms with E-state index in [1.165, 1.54) is 25.1 Å². The highest BCUT2D eigenvalue weighted by Crippen LogP contribution is 2.17. The fourth-order valence-electron chi connectivity index (χ4n) is 2.37. The maximum Gasteiger partial charge on any atom is 0.339 e. The predicted octanol–water partition coefficient (Wildman–Crippen LogP) is 1.97. The molecule has 2 aromatic carbocycles. The number of rotatable bonds is 6. The number of carbonyl (C=O) groups is 3. The van der Waals surface area contributed by atoms with E-state index < -0.39 is 33.8 Å². The van der Waals surface area contributed by atoms with Gasteiger partial charge in [0.25, 0.3) is 5.91 Å². The van der Waals surface area contributed by atoms with Gasteiger partial charge in [0.1, 0.15) is 0 Å². The molecule has 0 radical (unpaired) electrons. The van der Waals surface area contributed by atoms with Crippen LogP contribution in [0, 0.1) is 6.92 Å². The van der Waals surface area contributed by atoms with E-state index in [4.69, 9.17) is 4.74 Å². The first-order valence-electron chi connectivity index (χ1n) is 8.72. The van der Waals surface area contributed by atoms with Crippen molar-refractivity contribution in [2.75, 3.05) is 6.26 Å². The molecule has 2 N–H and O–H groups in total. The third-order valence-corrected chi connectivity index (χ3v) is 5.15. The number of urea groups is 1. The zero-order valence-corrected chi connectivity index (χ0v) is 17.1. The smallest absolute Gasteiger partial charge is 0.339 e. The Hall–Kier alpha value is -3.20. The van der Waals surface area contributed by atoms with Gasteiger partial charge < -0.3 is 10.1 Å². The van der Waals surface area contributed by atoms with E-state index in [0.29, 0.717) is 5.56 Å². The predicted molar refractivity (Wildman–Crippen MR) is 106 cm³/mol. The first-order valence-corrected chi connectivity index (χ1v) is 10.6. The van der Waals surface area contributed by atoms with Gasteiger partial charge in [-0.25, -0.2) is 18.0 Å². The van der Waals surface area contributed by atoms with Gasteiger partial charge in [0, 0.05) is 12.8 Å². The van der Waals surface area contributed by atoms with Crippen LogP contribution in [-0.4, -0.2) is 38.7 Å². The second-order valence-electron chi connectivity index (χ2n) is 6.45. The van der Waals surface area contributed by atoms with Crippen LogP contribution in [0.2, 0.25) is 0 Å². The van der Waals surface area contributed by atoms with Crippen LogP contribution in [0.15, 0.2) is 53.4 Å². The molecule has 3 amide bonds. The van der Waals surface area contributed by atoms with Crippen LogP contribution in [0.1, 0.15) is 28.4 Å². The summed E-state index contributed by atoms with van der Waals surface area (Å²) in [4.78, 5) is 36.3. The summed E-state index contributed by atoms with van der Waals surface area (Å²) < 4.78 is 28.4. The minimum atomic E-state index is -3.51. The summed E-state index contributed by atoms with van der Waals surface area (Å²) in [5, 5.41) is 4.62. The first-order chi connectivity index (χ1) is 13.6. The van der Waals surface area contributed by atoms with Crippen LogP contribution in [0.25, 0.3) is 0 Å². The Bertz CT molecular complexity index is 1020. The zero-order valence-electron chi connectivity index (χ0n) is 16.3. The monoisotopic (exact) mass is 418 g/mol. The molecule has 29 heavy (non-hydrogen) atoms. The molecule has 0 aliphatic rings. The van der Waals surface area contributed by atoms with E-state index in [-0.39, 0.29) is 17.0 Å². The summed E-state index contributed by atoms with van der Waals surface area (Å²) in [6, 6.07) is 12.5. The molecule has 2 aromatic rings. The summed E-state index contributed by atoms with van der Waals surface area (Å²) in [5.41, 5.74) is 1.38. The van der Waals surface area contributed by atoms with Gasteiger partial charge in [-0.3, -0.25) is 10.1 Å². The van der Waals surface area contributed by atoms with E-state index in [0.717, 1.165) is 11.8 Å². The molecule has 0 bridgehead atoms. The van der Waals surface area contributed by atoms with Gasteiger partial charge in [-0.1, -0.05) is 36.4 Å². The number of nitrogens with one attached hydrogen (secondary N) is 2. The Morgan fingerprint density at radius 3 is 2.34 bits per heavy atom. The van der Waals surface area contributed by atoms with Crippen LogP contribution in [0.3, 0.4) is 0 Å². The highest BCUT2D eigenvalue weighted by Gasteiger charge is 2.22. The van der Waals surface area contributed by atoms with Crippen molar-refractivity contribution in [3.8, 4) is 0 Å². The van der Waals surface area contributed by atoms with Crippen molar-refractivity contribution in [2.24, 2.45) is 0 Å². The average molecular weight is 418 g/mol. The summed E-state index contributed by atoms with van der Waals surface area (Å²) >= 11 is 0. The standard InChI is InChI=1S/C20H22N2O6S/c1-13-9-10-16(29(3,26)27)11-17(13)19(24)28-14(2)18(23)22-20(25)21-12-15-7-5-4-6-8-15/h4-11,14H,12H2,1-3H3,(H2,21,22,23,25)/t14-/m0/s1. The van der Waals surface area contributed by atoms with E-state index >= 15 is 0 Å². The zero-order chi connectivity index (χ0) is 21.6. The van der Waals surface area contributed by atoms with E-state index in [1.54, 1.807) is 6.92 Å². The molecule has 1 atom stereocenters. The Kier molecular flexibility index (Phi) is 7.11. The minimum Gasteiger partial charge on any atom is -0.449 e. The third-order valence-electron chi connectivity index (χ3n) is 4.04. The summed E-state index contributed by atoms with van der Waals surface area (Å²) in [7, 11) is -3.51. The molecule has 0 heterocycles. The number of carbonyl (C=O) groups excluding carboxylic acids is 3. The molecular formula is C20H22N2O6S. The van der Waals surface area contributed by atoms with Gasteiger partial charge >= 0.3 is 12.0 Å². The number of aryl methyl sites for hydroxylation is 1. The molecule has 154 valence electrons. The maximum atomic E-state index is 12.4. The molecule has 0 aromatic heterocycles. The fraction of sp³-hybridized carbons (Fsp3) is 0.250. The highest BCUT2D eigenvalue weighted by molar-refractivity contribution is 7.90. The van der Waals surface area contributed by atoms with Crippen LogP contribution < -0.4 is 10.6 Å². The largest absolute Gasteiger partial charge is 0.449 e. The maximum absolute atomic E-state index is 12.4. The lowest BCUT2D eigenvalue weighted by molar-refractivity contribution is -0.127. The molecule has 2 rings (SSSR count). The molecule has 9 heteroatoms. The number of amides is 3. The van der Waals surface area contributed by atoms with Crippen LogP contribution in [0.4, 0.5) is 4.79 Å². The molecule has 0 fully saturated rings. The van der Waals surface area contributed by atoms with Gasteiger partial charge in [-0.05, 0) is 37.1 Å². The van der Waals surface area contributed by atoms with Gasteiger partial charge in [-0.2, -0.15) is 0 Å². The second kappa shape index (κ2) is 9.33. The Labute approximate surface area is 169 Å². The molecule has 0 aliphatic carbocycles. The number of hydrogen-bond donors (Lipinski definition) is 2. The van der Waals surface area contributed by atoms with Gasteiger partial charge in [-0.15, -0.1) is 0 Å². The number of imide groups is 1. The Balaban J connectivity index is 1.95. The summed E-state index contributed by atoms with van der Waals surface area (Å²) in [6.07, 6.45) is -0.233. The second-order valence-corrected chi connectivity index (χ2v) is 8.47. The van der Waals surface area contributed by atoms with Gasteiger partial charge in [0.15, 0.2) is 15.9 Å². The number of ether oxygens (including phenoxy) is 1. The molecule has 0 saturated heterocycles. The van der Waals surface area contributed by atoms with Crippen molar-refractivity contribution in [1.82, 2.24) is 10.6 Å². The van der Waals surface area contributed by atoms with E-state index in [1.807, 2.05) is 30.3 Å². The van der Waals surface area contributed by atoms with Crippen molar-refractivity contribution in [2.45, 2.75) is 31.4 Å². The third kappa shape index (κ3) is 6.42. The SMILES string of the molecule is Cc1ccc(S(C)(=O)=O)cc1C(=O)O[C@@H](C)C(=O)NC(=O)NCc1ccccc1. The van der Waals surface area contributed by atoms with Crippen molar-refractivity contribution < 1.29 is 27.5 Å². The van der Waals surface area contributed by atoms with Crippen molar-refractivity contribution in [3.63, 3.8) is 0 Å².